The number of benzene rings is 1. The fourth-order valence-electron chi connectivity index (χ4n) is 4.07. The Hall–Kier alpha value is -2.72. The van der Waals surface area contributed by atoms with Crippen LogP contribution in [-0.2, 0) is 6.54 Å². The van der Waals surface area contributed by atoms with Crippen LogP contribution in [0, 0.1) is 0 Å². The van der Waals surface area contributed by atoms with Crippen LogP contribution < -0.4 is 10.2 Å². The van der Waals surface area contributed by atoms with E-state index in [4.69, 9.17) is 9.97 Å². The minimum Gasteiger partial charge on any atom is -0.347 e. The second-order valence-electron chi connectivity index (χ2n) is 7.88. The third kappa shape index (κ3) is 3.29. The summed E-state index contributed by atoms with van der Waals surface area (Å²) in [5.41, 5.74) is 2.74. The molecule has 2 fully saturated rings. The number of rotatable bonds is 5. The lowest BCUT2D eigenvalue weighted by molar-refractivity contribution is 0.247. The smallest absolute Gasteiger partial charge is 0.230 e. The van der Waals surface area contributed by atoms with Gasteiger partial charge in [0, 0.05) is 32.2 Å². The SMILES string of the molecule is Brc1cnn2c(NCc3nc4ccccc4[nH]3)nc(N3CCN(C4CC4)CC3)nc12. The highest BCUT2D eigenvalue weighted by atomic mass is 79.9. The number of fused-ring (bicyclic) bond motifs is 2. The van der Waals surface area contributed by atoms with E-state index in [-0.39, 0.29) is 0 Å². The van der Waals surface area contributed by atoms with E-state index in [9.17, 15) is 0 Å². The summed E-state index contributed by atoms with van der Waals surface area (Å²) in [6, 6.07) is 8.83. The molecule has 0 bridgehead atoms. The van der Waals surface area contributed by atoms with Gasteiger partial charge in [-0.05, 0) is 40.9 Å². The van der Waals surface area contributed by atoms with Gasteiger partial charge in [0.15, 0.2) is 5.65 Å². The van der Waals surface area contributed by atoms with Gasteiger partial charge in [-0.3, -0.25) is 4.90 Å². The van der Waals surface area contributed by atoms with Crippen LogP contribution in [0.2, 0.25) is 0 Å². The van der Waals surface area contributed by atoms with Crippen LogP contribution in [-0.4, -0.2) is 66.7 Å². The lowest BCUT2D eigenvalue weighted by Gasteiger charge is -2.34. The van der Waals surface area contributed by atoms with Crippen molar-refractivity contribution in [2.24, 2.45) is 0 Å². The molecule has 3 aromatic heterocycles. The van der Waals surface area contributed by atoms with Gasteiger partial charge in [-0.2, -0.15) is 19.6 Å². The zero-order valence-electron chi connectivity index (χ0n) is 16.4. The molecule has 2 aliphatic rings. The van der Waals surface area contributed by atoms with E-state index in [1.165, 1.54) is 12.8 Å². The average molecular weight is 468 g/mol. The number of hydrogen-bond donors (Lipinski definition) is 2. The maximum atomic E-state index is 4.82. The van der Waals surface area contributed by atoms with E-state index in [2.05, 4.69) is 46.1 Å². The number of imidazole rings is 1. The van der Waals surface area contributed by atoms with Gasteiger partial charge < -0.3 is 15.2 Å². The summed E-state index contributed by atoms with van der Waals surface area (Å²) in [5, 5.41) is 7.82. The first-order valence-electron chi connectivity index (χ1n) is 10.3. The van der Waals surface area contributed by atoms with Crippen molar-refractivity contribution in [1.82, 2.24) is 34.4 Å². The highest BCUT2D eigenvalue weighted by Gasteiger charge is 2.32. The lowest BCUT2D eigenvalue weighted by Crippen LogP contribution is -2.47. The number of anilines is 2. The van der Waals surface area contributed by atoms with Crippen molar-refractivity contribution in [3.05, 3.63) is 40.8 Å². The number of piperazine rings is 1. The molecular formula is C20H22BrN9. The number of nitrogens with zero attached hydrogens (tertiary/aromatic N) is 7. The summed E-state index contributed by atoms with van der Waals surface area (Å²) in [6.07, 6.45) is 4.45. The van der Waals surface area contributed by atoms with Gasteiger partial charge in [-0.15, -0.1) is 0 Å². The van der Waals surface area contributed by atoms with Gasteiger partial charge >= 0.3 is 0 Å². The highest BCUT2D eigenvalue weighted by molar-refractivity contribution is 9.10. The van der Waals surface area contributed by atoms with Gasteiger partial charge in [0.1, 0.15) is 5.82 Å². The van der Waals surface area contributed by atoms with Crippen molar-refractivity contribution >= 4 is 44.5 Å². The topological polar surface area (TPSA) is 90.3 Å². The fraction of sp³-hybridized carbons (Fsp3) is 0.400. The lowest BCUT2D eigenvalue weighted by atomic mass is 10.3. The quantitative estimate of drug-likeness (QED) is 0.466. The summed E-state index contributed by atoms with van der Waals surface area (Å²) in [4.78, 5) is 22.4. The number of para-hydroxylation sites is 2. The first-order valence-corrected chi connectivity index (χ1v) is 11.1. The summed E-state index contributed by atoms with van der Waals surface area (Å²) in [7, 11) is 0. The fourth-order valence-corrected chi connectivity index (χ4v) is 4.42. The van der Waals surface area contributed by atoms with Crippen molar-refractivity contribution in [1.29, 1.82) is 0 Å². The summed E-state index contributed by atoms with van der Waals surface area (Å²) < 4.78 is 2.59. The first kappa shape index (κ1) is 18.1. The molecular weight excluding hydrogens is 446 g/mol. The second kappa shape index (κ2) is 7.21. The van der Waals surface area contributed by atoms with Crippen molar-refractivity contribution in [3.8, 4) is 0 Å². The Morgan fingerprint density at radius 3 is 2.70 bits per heavy atom. The van der Waals surface area contributed by atoms with Crippen LogP contribution in [0.25, 0.3) is 16.7 Å². The number of aromatic amines is 1. The molecule has 1 saturated heterocycles. The van der Waals surface area contributed by atoms with Crippen LogP contribution >= 0.6 is 15.9 Å². The standard InChI is InChI=1S/C20H22BrN9/c21-14-11-23-30-18(14)26-20(29-9-7-28(8-10-29)13-5-6-13)27-19(30)22-12-17-24-15-3-1-2-4-16(15)25-17/h1-4,11,13H,5-10,12H2,(H,24,25)(H,22,26,27). The molecule has 1 aliphatic carbocycles. The van der Waals surface area contributed by atoms with Crippen molar-refractivity contribution in [3.63, 3.8) is 0 Å². The zero-order chi connectivity index (χ0) is 20.1. The van der Waals surface area contributed by atoms with Crippen LogP contribution in [0.3, 0.4) is 0 Å². The Morgan fingerprint density at radius 2 is 1.90 bits per heavy atom. The Labute approximate surface area is 181 Å². The highest BCUT2D eigenvalue weighted by Crippen LogP contribution is 2.28. The number of aromatic nitrogens is 6. The van der Waals surface area contributed by atoms with Gasteiger partial charge in [0.25, 0.3) is 0 Å². The van der Waals surface area contributed by atoms with Crippen molar-refractivity contribution < 1.29 is 0 Å². The number of H-pyrrole nitrogens is 1. The minimum absolute atomic E-state index is 0.521. The largest absolute Gasteiger partial charge is 0.347 e. The van der Waals surface area contributed by atoms with Gasteiger partial charge in [0.05, 0.1) is 28.2 Å². The number of hydrogen-bond acceptors (Lipinski definition) is 7. The predicted molar refractivity (Wildman–Crippen MR) is 119 cm³/mol. The third-order valence-electron chi connectivity index (χ3n) is 5.83. The molecule has 1 aromatic carbocycles. The first-order chi connectivity index (χ1) is 14.7. The molecule has 0 atom stereocenters. The van der Waals surface area contributed by atoms with E-state index < -0.39 is 0 Å². The second-order valence-corrected chi connectivity index (χ2v) is 8.74. The maximum absolute atomic E-state index is 4.82. The maximum Gasteiger partial charge on any atom is 0.230 e. The Bertz CT molecular complexity index is 1170. The number of nitrogens with one attached hydrogen (secondary N) is 2. The Morgan fingerprint density at radius 1 is 1.07 bits per heavy atom. The van der Waals surface area contributed by atoms with Crippen LogP contribution in [0.5, 0.6) is 0 Å². The van der Waals surface area contributed by atoms with E-state index in [1.807, 2.05) is 24.3 Å². The molecule has 0 spiro atoms. The molecule has 10 heteroatoms. The van der Waals surface area contributed by atoms with E-state index in [0.717, 1.165) is 65.1 Å². The summed E-state index contributed by atoms with van der Waals surface area (Å²) >= 11 is 3.57. The molecule has 1 aliphatic heterocycles. The predicted octanol–water partition coefficient (Wildman–Crippen LogP) is 2.66. The van der Waals surface area contributed by atoms with Gasteiger partial charge in [-0.1, -0.05) is 12.1 Å². The molecule has 30 heavy (non-hydrogen) atoms. The van der Waals surface area contributed by atoms with Crippen LogP contribution in [0.4, 0.5) is 11.9 Å². The molecule has 9 nitrogen and oxygen atoms in total. The molecule has 0 amide bonds. The van der Waals surface area contributed by atoms with E-state index in [0.29, 0.717) is 12.5 Å². The third-order valence-corrected chi connectivity index (χ3v) is 6.39. The minimum atomic E-state index is 0.521. The van der Waals surface area contributed by atoms with E-state index in [1.54, 1.807) is 10.7 Å². The average Bonchev–Trinajstić information content (AvgIpc) is 3.44. The van der Waals surface area contributed by atoms with Crippen LogP contribution in [0.15, 0.2) is 34.9 Å². The molecule has 154 valence electrons. The summed E-state index contributed by atoms with van der Waals surface area (Å²) in [5.74, 6) is 2.26. The monoisotopic (exact) mass is 467 g/mol. The van der Waals surface area contributed by atoms with E-state index >= 15 is 0 Å². The Balaban J connectivity index is 1.27. The summed E-state index contributed by atoms with van der Waals surface area (Å²) in [6.45, 7) is 4.55. The normalized spacial score (nSPS) is 17.8. The van der Waals surface area contributed by atoms with Crippen molar-refractivity contribution in [2.75, 3.05) is 36.4 Å². The molecule has 1 saturated carbocycles. The molecule has 4 aromatic rings. The molecule has 4 heterocycles. The molecule has 0 unspecified atom stereocenters. The Kier molecular flexibility index (Phi) is 4.34. The number of halogens is 1. The molecule has 0 radical (unpaired) electrons. The van der Waals surface area contributed by atoms with Gasteiger partial charge in [0.2, 0.25) is 11.9 Å². The molecule has 6 rings (SSSR count). The molecule has 2 N–H and O–H groups in total. The van der Waals surface area contributed by atoms with Crippen molar-refractivity contribution in [2.45, 2.75) is 25.4 Å². The van der Waals surface area contributed by atoms with Crippen LogP contribution in [0.1, 0.15) is 18.7 Å². The van der Waals surface area contributed by atoms with Gasteiger partial charge in [-0.25, -0.2) is 4.98 Å². The zero-order valence-corrected chi connectivity index (χ0v) is 18.0.